The SMILES string of the molecule is COc1ccc(-c2ccnc(Cl)n2)cc1C. The van der Waals surface area contributed by atoms with E-state index in [9.17, 15) is 0 Å². The number of methoxy groups -OCH3 is 1. The van der Waals surface area contributed by atoms with E-state index in [1.54, 1.807) is 13.3 Å². The standard InChI is InChI=1S/C12H11ClN2O/c1-8-7-9(3-4-11(8)16-2)10-5-6-14-12(13)15-10/h3-7H,1-2H3. The van der Waals surface area contributed by atoms with Crippen molar-refractivity contribution in [3.63, 3.8) is 0 Å². The van der Waals surface area contributed by atoms with E-state index in [2.05, 4.69) is 9.97 Å². The molecule has 1 heterocycles. The summed E-state index contributed by atoms with van der Waals surface area (Å²) in [7, 11) is 1.66. The normalized spacial score (nSPS) is 10.2. The zero-order chi connectivity index (χ0) is 11.5. The Morgan fingerprint density at radius 3 is 2.69 bits per heavy atom. The van der Waals surface area contributed by atoms with Gasteiger partial charge in [-0.05, 0) is 48.4 Å². The summed E-state index contributed by atoms with van der Waals surface area (Å²) in [4.78, 5) is 8.00. The van der Waals surface area contributed by atoms with Crippen LogP contribution in [0.5, 0.6) is 5.75 Å². The van der Waals surface area contributed by atoms with Crippen molar-refractivity contribution in [3.05, 3.63) is 41.3 Å². The monoisotopic (exact) mass is 234 g/mol. The van der Waals surface area contributed by atoms with Gasteiger partial charge < -0.3 is 4.74 Å². The molecule has 3 nitrogen and oxygen atoms in total. The summed E-state index contributed by atoms with van der Waals surface area (Å²) in [6.45, 7) is 1.99. The highest BCUT2D eigenvalue weighted by Crippen LogP contribution is 2.24. The summed E-state index contributed by atoms with van der Waals surface area (Å²) in [6.07, 6.45) is 1.64. The molecule has 0 aliphatic heterocycles. The second-order valence-corrected chi connectivity index (χ2v) is 3.73. The maximum atomic E-state index is 5.75. The van der Waals surface area contributed by atoms with Gasteiger partial charge in [0.15, 0.2) is 0 Å². The van der Waals surface area contributed by atoms with Crippen LogP contribution >= 0.6 is 11.6 Å². The first-order valence-corrected chi connectivity index (χ1v) is 5.22. The van der Waals surface area contributed by atoms with Crippen LogP contribution in [0.3, 0.4) is 0 Å². The minimum atomic E-state index is 0.256. The number of benzene rings is 1. The summed E-state index contributed by atoms with van der Waals surface area (Å²) in [6, 6.07) is 7.70. The second kappa shape index (κ2) is 4.49. The summed E-state index contributed by atoms with van der Waals surface area (Å²) in [5.41, 5.74) is 2.88. The molecular weight excluding hydrogens is 224 g/mol. The molecule has 0 aliphatic rings. The zero-order valence-electron chi connectivity index (χ0n) is 9.07. The van der Waals surface area contributed by atoms with Crippen LogP contribution in [0, 0.1) is 6.92 Å². The van der Waals surface area contributed by atoms with Crippen LogP contribution in [0.2, 0.25) is 5.28 Å². The minimum absolute atomic E-state index is 0.256. The third kappa shape index (κ3) is 2.14. The number of hydrogen-bond acceptors (Lipinski definition) is 3. The maximum Gasteiger partial charge on any atom is 0.222 e. The first-order valence-electron chi connectivity index (χ1n) is 4.84. The van der Waals surface area contributed by atoms with E-state index in [0.29, 0.717) is 0 Å². The van der Waals surface area contributed by atoms with E-state index in [1.807, 2.05) is 31.2 Å². The third-order valence-corrected chi connectivity index (χ3v) is 2.50. The van der Waals surface area contributed by atoms with Crippen molar-refractivity contribution < 1.29 is 4.74 Å². The molecule has 0 saturated heterocycles. The van der Waals surface area contributed by atoms with Crippen molar-refractivity contribution in [1.29, 1.82) is 0 Å². The lowest BCUT2D eigenvalue weighted by Crippen LogP contribution is -1.90. The van der Waals surface area contributed by atoms with E-state index in [0.717, 1.165) is 22.6 Å². The fourth-order valence-electron chi connectivity index (χ4n) is 1.53. The Labute approximate surface area is 99.1 Å². The number of ether oxygens (including phenoxy) is 1. The molecule has 0 aliphatic carbocycles. The molecule has 16 heavy (non-hydrogen) atoms. The van der Waals surface area contributed by atoms with Crippen LogP contribution in [0.1, 0.15) is 5.56 Å². The van der Waals surface area contributed by atoms with Gasteiger partial charge in [0.2, 0.25) is 5.28 Å². The van der Waals surface area contributed by atoms with E-state index in [-0.39, 0.29) is 5.28 Å². The Kier molecular flexibility index (Phi) is 3.06. The van der Waals surface area contributed by atoms with Gasteiger partial charge in [-0.1, -0.05) is 0 Å². The number of rotatable bonds is 2. The number of aryl methyl sites for hydroxylation is 1. The average molecular weight is 235 g/mol. The molecule has 2 rings (SSSR count). The molecule has 0 unspecified atom stereocenters. The lowest BCUT2D eigenvalue weighted by atomic mass is 10.1. The molecule has 0 atom stereocenters. The number of halogens is 1. The van der Waals surface area contributed by atoms with Crippen molar-refractivity contribution in [2.24, 2.45) is 0 Å². The van der Waals surface area contributed by atoms with Crippen molar-refractivity contribution in [2.45, 2.75) is 6.92 Å². The molecule has 0 radical (unpaired) electrons. The summed E-state index contributed by atoms with van der Waals surface area (Å²) < 4.78 is 5.20. The fourth-order valence-corrected chi connectivity index (χ4v) is 1.68. The predicted molar refractivity (Wildman–Crippen MR) is 63.8 cm³/mol. The molecule has 0 spiro atoms. The van der Waals surface area contributed by atoms with Crippen LogP contribution in [0.25, 0.3) is 11.3 Å². The minimum Gasteiger partial charge on any atom is -0.496 e. The molecule has 0 N–H and O–H groups in total. The molecule has 0 fully saturated rings. The van der Waals surface area contributed by atoms with E-state index >= 15 is 0 Å². The highest BCUT2D eigenvalue weighted by Gasteiger charge is 2.04. The number of nitrogens with zero attached hydrogens (tertiary/aromatic N) is 2. The molecular formula is C12H11ClN2O. The van der Waals surface area contributed by atoms with Crippen LogP contribution in [-0.2, 0) is 0 Å². The first kappa shape index (κ1) is 10.9. The Hall–Kier alpha value is -1.61. The number of aromatic nitrogens is 2. The smallest absolute Gasteiger partial charge is 0.222 e. The molecule has 2 aromatic rings. The molecule has 0 bridgehead atoms. The van der Waals surface area contributed by atoms with E-state index in [1.165, 1.54) is 0 Å². The Balaban J connectivity index is 2.45. The van der Waals surface area contributed by atoms with Gasteiger partial charge in [-0.15, -0.1) is 0 Å². The van der Waals surface area contributed by atoms with Crippen molar-refractivity contribution >= 4 is 11.6 Å². The molecule has 1 aromatic carbocycles. The van der Waals surface area contributed by atoms with Crippen LogP contribution in [0.4, 0.5) is 0 Å². The maximum absolute atomic E-state index is 5.75. The average Bonchev–Trinajstić information content (AvgIpc) is 2.29. The van der Waals surface area contributed by atoms with Gasteiger partial charge in [-0.3, -0.25) is 0 Å². The Bertz CT molecular complexity index is 514. The largest absolute Gasteiger partial charge is 0.496 e. The molecule has 0 amide bonds. The summed E-state index contributed by atoms with van der Waals surface area (Å²) in [5.74, 6) is 0.865. The summed E-state index contributed by atoms with van der Waals surface area (Å²) in [5, 5.41) is 0.256. The highest BCUT2D eigenvalue weighted by molar-refractivity contribution is 6.28. The quantitative estimate of drug-likeness (QED) is 0.749. The van der Waals surface area contributed by atoms with Gasteiger partial charge in [-0.2, -0.15) is 0 Å². The van der Waals surface area contributed by atoms with E-state index in [4.69, 9.17) is 16.3 Å². The van der Waals surface area contributed by atoms with Crippen LogP contribution in [0.15, 0.2) is 30.5 Å². The third-order valence-electron chi connectivity index (χ3n) is 2.32. The van der Waals surface area contributed by atoms with Crippen molar-refractivity contribution in [2.75, 3.05) is 7.11 Å². The number of hydrogen-bond donors (Lipinski definition) is 0. The van der Waals surface area contributed by atoms with Crippen LogP contribution < -0.4 is 4.74 Å². The zero-order valence-corrected chi connectivity index (χ0v) is 9.82. The van der Waals surface area contributed by atoms with Gasteiger partial charge in [-0.25, -0.2) is 9.97 Å². The van der Waals surface area contributed by atoms with Crippen molar-refractivity contribution in [1.82, 2.24) is 9.97 Å². The summed E-state index contributed by atoms with van der Waals surface area (Å²) >= 11 is 5.75. The van der Waals surface area contributed by atoms with Gasteiger partial charge in [0.05, 0.1) is 12.8 Å². The molecule has 0 saturated carbocycles. The lowest BCUT2D eigenvalue weighted by molar-refractivity contribution is 0.412. The molecule has 82 valence electrons. The highest BCUT2D eigenvalue weighted by atomic mass is 35.5. The van der Waals surface area contributed by atoms with E-state index < -0.39 is 0 Å². The van der Waals surface area contributed by atoms with Gasteiger partial charge in [0.25, 0.3) is 0 Å². The van der Waals surface area contributed by atoms with Gasteiger partial charge in [0.1, 0.15) is 5.75 Å². The topological polar surface area (TPSA) is 35.0 Å². The lowest BCUT2D eigenvalue weighted by Gasteiger charge is -2.06. The van der Waals surface area contributed by atoms with Gasteiger partial charge >= 0.3 is 0 Å². The Morgan fingerprint density at radius 2 is 2.06 bits per heavy atom. The van der Waals surface area contributed by atoms with Crippen LogP contribution in [-0.4, -0.2) is 17.1 Å². The first-order chi connectivity index (χ1) is 7.70. The van der Waals surface area contributed by atoms with Crippen molar-refractivity contribution in [3.8, 4) is 17.0 Å². The Morgan fingerprint density at radius 1 is 1.25 bits per heavy atom. The molecule has 1 aromatic heterocycles. The second-order valence-electron chi connectivity index (χ2n) is 3.40. The molecule has 4 heteroatoms. The fraction of sp³-hybridized carbons (Fsp3) is 0.167. The van der Waals surface area contributed by atoms with Gasteiger partial charge in [0, 0.05) is 11.8 Å². The predicted octanol–water partition coefficient (Wildman–Crippen LogP) is 3.11.